The lowest BCUT2D eigenvalue weighted by atomic mass is 10.0. The molecule has 1 atom stereocenters. The van der Waals surface area contributed by atoms with Gasteiger partial charge in [-0.2, -0.15) is 13.2 Å². The van der Waals surface area contributed by atoms with Crippen LogP contribution in [0.4, 0.5) is 13.2 Å². The molecule has 0 heterocycles. The first-order chi connectivity index (χ1) is 7.90. The van der Waals surface area contributed by atoms with Crippen LogP contribution in [-0.2, 0) is 6.18 Å². The fraction of sp³-hybridized carbons (Fsp3) is 0.500. The summed E-state index contributed by atoms with van der Waals surface area (Å²) < 4.78 is 38.3. The van der Waals surface area contributed by atoms with Crippen molar-refractivity contribution in [2.45, 2.75) is 32.5 Å². The molecular weight excluding hydrogens is 295 g/mol. The van der Waals surface area contributed by atoms with Gasteiger partial charge in [-0.15, -0.1) is 0 Å². The molecule has 1 aromatic carbocycles. The van der Waals surface area contributed by atoms with Crippen LogP contribution in [0.15, 0.2) is 22.7 Å². The zero-order valence-corrected chi connectivity index (χ0v) is 11.3. The molecule has 1 rings (SSSR count). The Morgan fingerprint density at radius 3 is 2.41 bits per heavy atom. The van der Waals surface area contributed by atoms with Crippen molar-refractivity contribution >= 4 is 15.9 Å². The first kappa shape index (κ1) is 14.5. The monoisotopic (exact) mass is 309 g/mol. The lowest BCUT2D eigenvalue weighted by Gasteiger charge is -2.18. The molecule has 96 valence electrons. The van der Waals surface area contributed by atoms with Gasteiger partial charge in [-0.1, -0.05) is 35.8 Å². The van der Waals surface area contributed by atoms with Gasteiger partial charge >= 0.3 is 6.18 Å². The number of alkyl halides is 3. The molecule has 1 nitrogen and oxygen atoms in total. The van der Waals surface area contributed by atoms with E-state index < -0.39 is 11.7 Å². The maximum absolute atomic E-state index is 12.7. The molecule has 0 saturated carbocycles. The zero-order chi connectivity index (χ0) is 13.1. The summed E-state index contributed by atoms with van der Waals surface area (Å²) in [5, 5.41) is 3.16. The minimum Gasteiger partial charge on any atom is -0.310 e. The van der Waals surface area contributed by atoms with E-state index in [0.29, 0.717) is 5.56 Å². The van der Waals surface area contributed by atoms with Crippen molar-refractivity contribution in [2.75, 3.05) is 6.54 Å². The van der Waals surface area contributed by atoms with Gasteiger partial charge in [-0.25, -0.2) is 0 Å². The summed E-state index contributed by atoms with van der Waals surface area (Å²) in [4.78, 5) is 0. The van der Waals surface area contributed by atoms with Crippen LogP contribution < -0.4 is 5.32 Å². The SMILES string of the molecule is CCNC(CC)c1ccc(Br)c(C(F)(F)F)c1. The standard InChI is InChI=1S/C12H15BrF3N/c1-3-11(17-4-2)8-5-6-10(13)9(7-8)12(14,15)16/h5-7,11,17H,3-4H2,1-2H3. The van der Waals surface area contributed by atoms with Crippen LogP contribution in [0.2, 0.25) is 0 Å². The third kappa shape index (κ3) is 3.71. The van der Waals surface area contributed by atoms with Crippen molar-refractivity contribution in [1.82, 2.24) is 5.32 Å². The number of rotatable bonds is 4. The van der Waals surface area contributed by atoms with Gasteiger partial charge in [0.15, 0.2) is 0 Å². The molecule has 0 aliphatic rings. The van der Waals surface area contributed by atoms with Gasteiger partial charge < -0.3 is 5.32 Å². The largest absolute Gasteiger partial charge is 0.417 e. The van der Waals surface area contributed by atoms with Crippen molar-refractivity contribution in [3.63, 3.8) is 0 Å². The minimum atomic E-state index is -4.32. The first-order valence-electron chi connectivity index (χ1n) is 5.50. The molecule has 0 saturated heterocycles. The smallest absolute Gasteiger partial charge is 0.310 e. The van der Waals surface area contributed by atoms with Gasteiger partial charge in [0.2, 0.25) is 0 Å². The number of nitrogens with one attached hydrogen (secondary N) is 1. The fourth-order valence-electron chi connectivity index (χ4n) is 1.72. The maximum atomic E-state index is 12.7. The van der Waals surface area contributed by atoms with Crippen LogP contribution in [-0.4, -0.2) is 6.54 Å². The molecule has 1 unspecified atom stereocenters. The predicted octanol–water partition coefficient (Wildman–Crippen LogP) is 4.53. The summed E-state index contributed by atoms with van der Waals surface area (Å²) in [6.45, 7) is 4.62. The van der Waals surface area contributed by atoms with E-state index in [-0.39, 0.29) is 10.5 Å². The van der Waals surface area contributed by atoms with E-state index in [0.717, 1.165) is 13.0 Å². The Morgan fingerprint density at radius 2 is 1.94 bits per heavy atom. The Labute approximate surface area is 108 Å². The van der Waals surface area contributed by atoms with E-state index >= 15 is 0 Å². The molecule has 0 aliphatic heterocycles. The molecule has 0 aromatic heterocycles. The van der Waals surface area contributed by atoms with Crippen molar-refractivity contribution in [3.8, 4) is 0 Å². The molecule has 0 bridgehead atoms. The molecule has 1 N–H and O–H groups in total. The number of hydrogen-bond donors (Lipinski definition) is 1. The van der Waals surface area contributed by atoms with Crippen molar-refractivity contribution in [1.29, 1.82) is 0 Å². The van der Waals surface area contributed by atoms with Crippen LogP contribution in [0.25, 0.3) is 0 Å². The highest BCUT2D eigenvalue weighted by molar-refractivity contribution is 9.10. The number of benzene rings is 1. The van der Waals surface area contributed by atoms with Gasteiger partial charge in [-0.05, 0) is 30.7 Å². The summed E-state index contributed by atoms with van der Waals surface area (Å²) in [6, 6.07) is 4.35. The average Bonchev–Trinajstić information content (AvgIpc) is 2.25. The molecule has 0 amide bonds. The Balaban J connectivity index is 3.11. The fourth-order valence-corrected chi connectivity index (χ4v) is 2.19. The van der Waals surface area contributed by atoms with Crippen LogP contribution in [0.5, 0.6) is 0 Å². The van der Waals surface area contributed by atoms with E-state index in [2.05, 4.69) is 21.2 Å². The van der Waals surface area contributed by atoms with Crippen LogP contribution in [0, 0.1) is 0 Å². The second kappa shape index (κ2) is 5.87. The van der Waals surface area contributed by atoms with Gasteiger partial charge in [0.25, 0.3) is 0 Å². The highest BCUT2D eigenvalue weighted by Gasteiger charge is 2.33. The van der Waals surface area contributed by atoms with Gasteiger partial charge in [0, 0.05) is 10.5 Å². The second-order valence-corrected chi connectivity index (χ2v) is 4.61. The number of halogens is 4. The molecule has 0 spiro atoms. The lowest BCUT2D eigenvalue weighted by molar-refractivity contribution is -0.138. The molecule has 0 aliphatic carbocycles. The minimum absolute atomic E-state index is 0.0331. The molecule has 1 aromatic rings. The van der Waals surface area contributed by atoms with E-state index in [1.54, 1.807) is 6.07 Å². The average molecular weight is 310 g/mol. The zero-order valence-electron chi connectivity index (χ0n) is 9.74. The topological polar surface area (TPSA) is 12.0 Å². The summed E-state index contributed by atoms with van der Waals surface area (Å²) >= 11 is 2.94. The van der Waals surface area contributed by atoms with Crippen molar-refractivity contribution in [2.24, 2.45) is 0 Å². The third-order valence-corrected chi connectivity index (χ3v) is 3.25. The Kier molecular flexibility index (Phi) is 5.01. The van der Waals surface area contributed by atoms with E-state index in [1.165, 1.54) is 12.1 Å². The number of hydrogen-bond acceptors (Lipinski definition) is 1. The van der Waals surface area contributed by atoms with E-state index in [4.69, 9.17) is 0 Å². The quantitative estimate of drug-likeness (QED) is 0.861. The molecule has 17 heavy (non-hydrogen) atoms. The van der Waals surface area contributed by atoms with Gasteiger partial charge in [0.1, 0.15) is 0 Å². The van der Waals surface area contributed by atoms with E-state index in [1.807, 2.05) is 13.8 Å². The highest BCUT2D eigenvalue weighted by atomic mass is 79.9. The van der Waals surface area contributed by atoms with Crippen LogP contribution in [0.1, 0.15) is 37.4 Å². The normalized spacial score (nSPS) is 13.8. The molecular formula is C12H15BrF3N. The molecule has 0 fully saturated rings. The summed E-state index contributed by atoms with van der Waals surface area (Å²) in [7, 11) is 0. The highest BCUT2D eigenvalue weighted by Crippen LogP contribution is 2.36. The lowest BCUT2D eigenvalue weighted by Crippen LogP contribution is -2.20. The first-order valence-corrected chi connectivity index (χ1v) is 6.29. The van der Waals surface area contributed by atoms with Crippen LogP contribution >= 0.6 is 15.9 Å². The maximum Gasteiger partial charge on any atom is 0.417 e. The summed E-state index contributed by atoms with van der Waals surface area (Å²) in [5.41, 5.74) is 0.0521. The molecule has 0 radical (unpaired) electrons. The predicted molar refractivity (Wildman–Crippen MR) is 65.9 cm³/mol. The van der Waals surface area contributed by atoms with Gasteiger partial charge in [-0.3, -0.25) is 0 Å². The van der Waals surface area contributed by atoms with Crippen molar-refractivity contribution in [3.05, 3.63) is 33.8 Å². The Morgan fingerprint density at radius 1 is 1.29 bits per heavy atom. The van der Waals surface area contributed by atoms with Gasteiger partial charge in [0.05, 0.1) is 5.56 Å². The Bertz CT molecular complexity index is 377. The Hall–Kier alpha value is -0.550. The molecule has 5 heteroatoms. The van der Waals surface area contributed by atoms with Crippen LogP contribution in [0.3, 0.4) is 0 Å². The third-order valence-electron chi connectivity index (χ3n) is 2.56. The summed E-state index contributed by atoms with van der Waals surface area (Å²) in [5.74, 6) is 0. The second-order valence-electron chi connectivity index (χ2n) is 3.76. The van der Waals surface area contributed by atoms with Crippen molar-refractivity contribution < 1.29 is 13.2 Å². The summed E-state index contributed by atoms with van der Waals surface area (Å²) in [6.07, 6.45) is -3.56. The van der Waals surface area contributed by atoms with E-state index in [9.17, 15) is 13.2 Å².